The first-order valence-electron chi connectivity index (χ1n) is 10.6. The smallest absolute Gasteiger partial charge is 0.307 e. The highest BCUT2D eigenvalue weighted by Crippen LogP contribution is 2.48. The Bertz CT molecular complexity index is 716. The Kier molecular flexibility index (Phi) is 8.31. The second-order valence-electron chi connectivity index (χ2n) is 11.0. The summed E-state index contributed by atoms with van der Waals surface area (Å²) in [6.45, 7) is 22.6. The summed E-state index contributed by atoms with van der Waals surface area (Å²) in [6.07, 6.45) is 2.99. The van der Waals surface area contributed by atoms with E-state index in [1.54, 1.807) is 0 Å². The van der Waals surface area contributed by atoms with E-state index < -0.39 is 27.2 Å². The van der Waals surface area contributed by atoms with Crippen LogP contribution in [0.3, 0.4) is 0 Å². The quantitative estimate of drug-likeness (QED) is 0.429. The van der Waals surface area contributed by atoms with Crippen molar-refractivity contribution in [2.45, 2.75) is 84.4 Å². The summed E-state index contributed by atoms with van der Waals surface area (Å²) in [5.74, 6) is -0.692. The molecule has 0 heterocycles. The van der Waals surface area contributed by atoms with Gasteiger partial charge in [-0.05, 0) is 23.4 Å². The van der Waals surface area contributed by atoms with E-state index in [0.29, 0.717) is 6.61 Å². The molecule has 0 fully saturated rings. The molecule has 1 aromatic carbocycles. The van der Waals surface area contributed by atoms with E-state index in [2.05, 4.69) is 79.0 Å². The predicted octanol–water partition coefficient (Wildman–Crippen LogP) is 6.93. The van der Waals surface area contributed by atoms with Crippen molar-refractivity contribution < 1.29 is 14.6 Å². The number of rotatable bonds is 9. The van der Waals surface area contributed by atoms with Crippen LogP contribution in [0.5, 0.6) is 0 Å². The largest absolute Gasteiger partial charge is 0.481 e. The van der Waals surface area contributed by atoms with E-state index in [1.807, 2.05) is 25.1 Å². The Morgan fingerprint density at radius 3 is 2.03 bits per heavy atom. The van der Waals surface area contributed by atoms with E-state index in [0.717, 1.165) is 6.23 Å². The molecule has 0 bridgehead atoms. The maximum atomic E-state index is 12.3. The van der Waals surface area contributed by atoms with Gasteiger partial charge in [0.05, 0.1) is 19.7 Å². The Balaban J connectivity index is 3.17. The Morgan fingerprint density at radius 1 is 1.10 bits per heavy atom. The number of aliphatic carboxylic acids is 1. The number of hydrogen-bond acceptors (Lipinski definition) is 2. The predicted molar refractivity (Wildman–Crippen MR) is 130 cm³/mol. The molecule has 0 saturated heterocycles. The molecule has 0 saturated carbocycles. The van der Waals surface area contributed by atoms with Gasteiger partial charge in [0.25, 0.3) is 0 Å². The zero-order chi connectivity index (χ0) is 22.7. The third-order valence-electron chi connectivity index (χ3n) is 7.44. The normalized spacial score (nSPS) is 18.6. The second kappa shape index (κ2) is 9.31. The van der Waals surface area contributed by atoms with Crippen LogP contribution >= 0.6 is 0 Å². The molecule has 1 aromatic rings. The van der Waals surface area contributed by atoms with Crippen LogP contribution in [0.2, 0.25) is 36.3 Å². The van der Waals surface area contributed by atoms with Gasteiger partial charge in [0.2, 0.25) is 0 Å². The highest BCUT2D eigenvalue weighted by molar-refractivity contribution is 6.87. The van der Waals surface area contributed by atoms with Crippen LogP contribution in [0, 0.1) is 5.92 Å². The molecular weight excluding hydrogens is 392 g/mol. The molecule has 0 aliphatic carbocycles. The average molecular weight is 435 g/mol. The van der Waals surface area contributed by atoms with Gasteiger partial charge in [-0.2, -0.15) is 0 Å². The molecule has 1 N–H and O–H groups in total. The molecule has 0 unspecified atom stereocenters. The molecule has 3 atom stereocenters. The van der Waals surface area contributed by atoms with E-state index in [4.69, 9.17) is 4.74 Å². The molecule has 0 amide bonds. The lowest BCUT2D eigenvalue weighted by molar-refractivity contribution is -0.141. The van der Waals surface area contributed by atoms with Gasteiger partial charge >= 0.3 is 5.97 Å². The fourth-order valence-corrected chi connectivity index (χ4v) is 8.86. The molecule has 0 spiro atoms. The number of allylic oxidation sites excluding steroid dienone is 2. The lowest BCUT2D eigenvalue weighted by atomic mass is 9.94. The maximum absolute atomic E-state index is 12.3. The summed E-state index contributed by atoms with van der Waals surface area (Å²) in [5.41, 5.74) is 1.19. The van der Waals surface area contributed by atoms with Crippen molar-refractivity contribution in [1.29, 1.82) is 0 Å². The first-order valence-corrected chi connectivity index (χ1v) is 16.8. The molecule has 1 rings (SSSR count). The minimum atomic E-state index is -1.98. The van der Waals surface area contributed by atoms with Gasteiger partial charge in [-0.1, -0.05) is 102 Å². The average Bonchev–Trinajstić information content (AvgIpc) is 2.59. The van der Waals surface area contributed by atoms with Crippen LogP contribution in [-0.2, 0) is 16.1 Å². The summed E-state index contributed by atoms with van der Waals surface area (Å²) in [6, 6.07) is 10.3. The number of carboxylic acid groups (broad SMARTS) is 1. The Hall–Kier alpha value is -1.18. The minimum absolute atomic E-state index is 0.0186. The monoisotopic (exact) mass is 434 g/mol. The van der Waals surface area contributed by atoms with Crippen LogP contribution in [-0.4, -0.2) is 33.5 Å². The zero-order valence-electron chi connectivity index (χ0n) is 20.2. The molecule has 0 aromatic heterocycles. The molecule has 29 heavy (non-hydrogen) atoms. The van der Waals surface area contributed by atoms with Crippen molar-refractivity contribution in [3.8, 4) is 0 Å². The van der Waals surface area contributed by atoms with E-state index in [9.17, 15) is 9.90 Å². The van der Waals surface area contributed by atoms with Gasteiger partial charge in [-0.3, -0.25) is 4.79 Å². The van der Waals surface area contributed by atoms with Crippen molar-refractivity contribution in [2.75, 3.05) is 6.23 Å². The lowest BCUT2D eigenvalue weighted by Crippen LogP contribution is -2.49. The summed E-state index contributed by atoms with van der Waals surface area (Å²) in [7, 11) is -3.92. The Morgan fingerprint density at radius 2 is 1.62 bits per heavy atom. The number of ether oxygens (including phenoxy) is 1. The number of carboxylic acids is 1. The third kappa shape index (κ3) is 5.71. The number of benzene rings is 1. The molecule has 0 radical (unpaired) electrons. The first kappa shape index (κ1) is 25.9. The fourth-order valence-electron chi connectivity index (χ4n) is 3.79. The van der Waals surface area contributed by atoms with Gasteiger partial charge < -0.3 is 9.84 Å². The van der Waals surface area contributed by atoms with Gasteiger partial charge in [-0.25, -0.2) is 0 Å². The molecule has 3 nitrogen and oxygen atoms in total. The molecule has 0 aliphatic heterocycles. The summed E-state index contributed by atoms with van der Waals surface area (Å²) >= 11 is 0. The van der Waals surface area contributed by atoms with Crippen LogP contribution in [0.1, 0.15) is 47.1 Å². The van der Waals surface area contributed by atoms with Crippen LogP contribution in [0.15, 0.2) is 41.6 Å². The summed E-state index contributed by atoms with van der Waals surface area (Å²) < 4.78 is 6.23. The molecule has 0 aliphatic rings. The number of hydrogen-bond donors (Lipinski definition) is 1. The minimum Gasteiger partial charge on any atom is -0.481 e. The Labute approximate surface area is 180 Å². The van der Waals surface area contributed by atoms with E-state index in [1.165, 1.54) is 10.8 Å². The summed E-state index contributed by atoms with van der Waals surface area (Å²) in [4.78, 5) is 12.3. The van der Waals surface area contributed by atoms with Crippen molar-refractivity contribution in [2.24, 2.45) is 5.92 Å². The van der Waals surface area contributed by atoms with Crippen molar-refractivity contribution >= 4 is 22.1 Å². The number of carbonyl (C=O) groups is 1. The second-order valence-corrected chi connectivity index (χ2v) is 21.7. The van der Waals surface area contributed by atoms with Gasteiger partial charge in [0, 0.05) is 6.23 Å². The fraction of sp³-hybridized carbons (Fsp3) is 0.625. The van der Waals surface area contributed by atoms with E-state index >= 15 is 0 Å². The lowest BCUT2D eigenvalue weighted by Gasteiger charge is -2.44. The third-order valence-corrected chi connectivity index (χ3v) is 17.2. The SMILES string of the molecule is C/C(=C\[C@@H](C)[C@@](C)(C(=O)O)[Si](C)(C)C)[Si@@](C)(COCc1ccccc1)C(C)(C)C. The van der Waals surface area contributed by atoms with Gasteiger partial charge in [0.1, 0.15) is 8.07 Å². The molecule has 164 valence electrons. The highest BCUT2D eigenvalue weighted by atomic mass is 28.3. The molecular formula is C24H42O3Si2. The summed E-state index contributed by atoms with van der Waals surface area (Å²) in [5, 5.41) is 10.8. The maximum Gasteiger partial charge on any atom is 0.307 e. The zero-order valence-corrected chi connectivity index (χ0v) is 22.2. The van der Waals surface area contributed by atoms with Crippen molar-refractivity contribution in [3.63, 3.8) is 0 Å². The molecule has 5 heteroatoms. The topological polar surface area (TPSA) is 46.5 Å². The van der Waals surface area contributed by atoms with Crippen LogP contribution < -0.4 is 0 Å². The highest BCUT2D eigenvalue weighted by Gasteiger charge is 2.50. The van der Waals surface area contributed by atoms with Crippen molar-refractivity contribution in [3.05, 3.63) is 47.2 Å². The van der Waals surface area contributed by atoms with E-state index in [-0.39, 0.29) is 11.0 Å². The van der Waals surface area contributed by atoms with Crippen molar-refractivity contribution in [1.82, 2.24) is 0 Å². The van der Waals surface area contributed by atoms with Crippen LogP contribution in [0.4, 0.5) is 0 Å². The van der Waals surface area contributed by atoms with Gasteiger partial charge in [0.15, 0.2) is 0 Å². The van der Waals surface area contributed by atoms with Crippen LogP contribution in [0.25, 0.3) is 0 Å². The van der Waals surface area contributed by atoms with Gasteiger partial charge in [-0.15, -0.1) is 0 Å². The standard InChI is InChI=1S/C24H42O3Si2/c1-19(24(6,22(25)26)28(7,8)9)16-20(2)29(10,23(3,4)5)18-27-17-21-14-12-11-13-15-21/h11-16,19H,17-18H2,1-10H3,(H,25,26)/b20-16+/t19-,24+,29-/m1/s1. The first-order chi connectivity index (χ1) is 13.1.